The van der Waals surface area contributed by atoms with E-state index in [9.17, 15) is 0 Å². The van der Waals surface area contributed by atoms with Crippen LogP contribution in [0.1, 0.15) is 18.3 Å². The summed E-state index contributed by atoms with van der Waals surface area (Å²) in [7, 11) is 2.04. The minimum absolute atomic E-state index is 0. The van der Waals surface area contributed by atoms with Crippen LogP contribution in [-0.2, 0) is 39.8 Å². The van der Waals surface area contributed by atoms with Gasteiger partial charge < -0.3 is 6.08 Å². The molecule has 0 aliphatic rings. The third kappa shape index (κ3) is 2.45. The van der Waals surface area contributed by atoms with Gasteiger partial charge in [0, 0.05) is 39.6 Å². The number of allylic oxidation sites excluding steroid dienone is 1. The van der Waals surface area contributed by atoms with Crippen molar-refractivity contribution in [3.05, 3.63) is 72.1 Å². The van der Waals surface area contributed by atoms with Gasteiger partial charge in [0.25, 0.3) is 5.82 Å². The molecule has 117 valence electrons. The van der Waals surface area contributed by atoms with Gasteiger partial charge in [-0.15, -0.1) is 13.0 Å². The van der Waals surface area contributed by atoms with Crippen molar-refractivity contribution in [2.75, 3.05) is 0 Å². The van der Waals surface area contributed by atoms with E-state index in [1.54, 1.807) is 0 Å². The molecule has 0 N–H and O–H groups in total. The molecule has 0 saturated carbocycles. The SMILES string of the molecule is C[C-]=C(c1[c-]cccc1)n1c2nc3ccccc3n2c(C)[n+]1C.[Y]. The molecule has 2 heterocycles. The van der Waals surface area contributed by atoms with Crippen LogP contribution in [0.4, 0.5) is 0 Å². The number of rotatable bonds is 2. The summed E-state index contributed by atoms with van der Waals surface area (Å²) in [6, 6.07) is 19.4. The van der Waals surface area contributed by atoms with E-state index in [0.29, 0.717) is 0 Å². The van der Waals surface area contributed by atoms with Gasteiger partial charge in [-0.05, 0) is 12.1 Å². The van der Waals surface area contributed by atoms with E-state index < -0.39 is 0 Å². The van der Waals surface area contributed by atoms with E-state index in [-0.39, 0.29) is 32.7 Å². The van der Waals surface area contributed by atoms with Crippen LogP contribution in [0.3, 0.4) is 0 Å². The molecular weight excluding hydrogens is 373 g/mol. The first kappa shape index (κ1) is 17.1. The largest absolute Gasteiger partial charge is 0.332 e. The Bertz CT molecular complexity index is 1040. The number of fused-ring (bicyclic) bond motifs is 3. The van der Waals surface area contributed by atoms with Crippen LogP contribution in [0.5, 0.6) is 0 Å². The molecule has 2 aromatic carbocycles. The van der Waals surface area contributed by atoms with Gasteiger partial charge >= 0.3 is 5.78 Å². The van der Waals surface area contributed by atoms with Gasteiger partial charge in [0.1, 0.15) is 12.6 Å². The molecule has 5 heteroatoms. The maximum Gasteiger partial charge on any atom is 0.332 e. The predicted molar refractivity (Wildman–Crippen MR) is 89.6 cm³/mol. The zero-order valence-corrected chi connectivity index (χ0v) is 16.8. The Balaban J connectivity index is 0.00000169. The number of benzene rings is 2. The van der Waals surface area contributed by atoms with Crippen LogP contribution in [0.15, 0.2) is 48.5 Å². The Kier molecular flexibility index (Phi) is 4.70. The molecule has 0 atom stereocenters. The Hall–Kier alpha value is -1.78. The topological polar surface area (TPSA) is 26.1 Å². The van der Waals surface area contributed by atoms with Crippen molar-refractivity contribution >= 4 is 22.5 Å². The Morgan fingerprint density at radius 3 is 2.62 bits per heavy atom. The van der Waals surface area contributed by atoms with E-state index >= 15 is 0 Å². The van der Waals surface area contributed by atoms with Gasteiger partial charge in [-0.25, -0.2) is 16.8 Å². The van der Waals surface area contributed by atoms with E-state index in [1.165, 1.54) is 0 Å². The first-order valence-electron chi connectivity index (χ1n) is 7.59. The molecule has 0 bridgehead atoms. The van der Waals surface area contributed by atoms with Crippen LogP contribution >= 0.6 is 0 Å². The fraction of sp³-hybridized carbons (Fsp3) is 0.158. The number of hydrogen-bond acceptors (Lipinski definition) is 1. The summed E-state index contributed by atoms with van der Waals surface area (Å²) < 4.78 is 6.36. The molecule has 0 saturated heterocycles. The van der Waals surface area contributed by atoms with E-state index in [4.69, 9.17) is 4.98 Å². The summed E-state index contributed by atoms with van der Waals surface area (Å²) in [5.41, 5.74) is 4.05. The minimum atomic E-state index is 0. The molecular formula is C19H17N4Y-. The quantitative estimate of drug-likeness (QED) is 0.382. The van der Waals surface area contributed by atoms with Crippen molar-refractivity contribution in [2.45, 2.75) is 13.8 Å². The summed E-state index contributed by atoms with van der Waals surface area (Å²) in [5, 5.41) is 0. The normalized spacial score (nSPS) is 11.9. The second-order valence-electron chi connectivity index (χ2n) is 5.49. The third-order valence-corrected chi connectivity index (χ3v) is 4.24. The fourth-order valence-corrected chi connectivity index (χ4v) is 3.04. The Morgan fingerprint density at radius 2 is 1.92 bits per heavy atom. The molecule has 0 aliphatic carbocycles. The van der Waals surface area contributed by atoms with Gasteiger partial charge in [0.2, 0.25) is 0 Å². The Morgan fingerprint density at radius 1 is 1.17 bits per heavy atom. The molecule has 0 spiro atoms. The fourth-order valence-electron chi connectivity index (χ4n) is 3.04. The first-order chi connectivity index (χ1) is 11.2. The molecule has 4 aromatic rings. The molecule has 4 rings (SSSR count). The van der Waals surface area contributed by atoms with Crippen molar-refractivity contribution in [3.63, 3.8) is 0 Å². The summed E-state index contributed by atoms with van der Waals surface area (Å²) in [4.78, 5) is 4.82. The Labute approximate surface area is 166 Å². The van der Waals surface area contributed by atoms with Gasteiger partial charge in [0.05, 0.1) is 0 Å². The average Bonchev–Trinajstić information content (AvgIpc) is 3.07. The van der Waals surface area contributed by atoms with Crippen molar-refractivity contribution in [2.24, 2.45) is 7.05 Å². The minimum Gasteiger partial charge on any atom is -0.302 e. The number of nitrogens with zero attached hydrogens (tertiary/aromatic N) is 4. The number of imidazole rings is 1. The van der Waals surface area contributed by atoms with Gasteiger partial charge in [-0.2, -0.15) is 31.9 Å². The average molecular weight is 390 g/mol. The van der Waals surface area contributed by atoms with E-state index in [1.807, 2.05) is 56.4 Å². The van der Waals surface area contributed by atoms with Gasteiger partial charge in [-0.3, -0.25) is 5.56 Å². The molecule has 24 heavy (non-hydrogen) atoms. The van der Waals surface area contributed by atoms with Gasteiger partial charge in [0.15, 0.2) is 5.52 Å². The van der Waals surface area contributed by atoms with Crippen LogP contribution in [0.25, 0.3) is 22.5 Å². The zero-order chi connectivity index (χ0) is 16.0. The second-order valence-corrected chi connectivity index (χ2v) is 5.49. The van der Waals surface area contributed by atoms with Crippen molar-refractivity contribution in [1.29, 1.82) is 0 Å². The molecule has 0 unspecified atom stereocenters. The molecule has 0 amide bonds. The van der Waals surface area contributed by atoms with Crippen LogP contribution in [-0.4, -0.2) is 14.1 Å². The smallest absolute Gasteiger partial charge is 0.302 e. The van der Waals surface area contributed by atoms with Crippen molar-refractivity contribution in [3.8, 4) is 0 Å². The standard InChI is InChI=1S/C19H17N4.Y/c1-4-17(15-10-6-5-7-11-15)23-19-20-16-12-8-9-13-18(16)22(19)14(2)21(23)3;/h5-10,12-13H,1-3H3;/q-1;. The summed E-state index contributed by atoms with van der Waals surface area (Å²) in [5.74, 6) is 1.99. The second kappa shape index (κ2) is 6.62. The summed E-state index contributed by atoms with van der Waals surface area (Å²) >= 11 is 0. The van der Waals surface area contributed by atoms with Crippen LogP contribution in [0.2, 0.25) is 0 Å². The van der Waals surface area contributed by atoms with E-state index in [0.717, 1.165) is 33.9 Å². The summed E-state index contributed by atoms with van der Waals surface area (Å²) in [6.45, 7) is 4.02. The third-order valence-electron chi connectivity index (χ3n) is 4.24. The monoisotopic (exact) mass is 390 g/mol. The number of hydrogen-bond donors (Lipinski definition) is 0. The van der Waals surface area contributed by atoms with E-state index in [2.05, 4.69) is 38.9 Å². The number of para-hydroxylation sites is 2. The first-order valence-corrected chi connectivity index (χ1v) is 7.59. The van der Waals surface area contributed by atoms with Crippen LogP contribution in [0, 0.1) is 19.1 Å². The predicted octanol–water partition coefficient (Wildman–Crippen LogP) is 2.93. The molecule has 1 radical (unpaired) electrons. The molecule has 0 fully saturated rings. The molecule has 0 aliphatic heterocycles. The molecule has 4 nitrogen and oxygen atoms in total. The van der Waals surface area contributed by atoms with Crippen molar-refractivity contribution in [1.82, 2.24) is 14.1 Å². The maximum atomic E-state index is 4.82. The number of aryl methyl sites for hydroxylation is 1. The number of aromatic nitrogens is 4. The van der Waals surface area contributed by atoms with Crippen molar-refractivity contribution < 1.29 is 37.4 Å². The van der Waals surface area contributed by atoms with Gasteiger partial charge in [-0.1, -0.05) is 12.1 Å². The summed E-state index contributed by atoms with van der Waals surface area (Å²) in [6.07, 6.45) is 3.30. The maximum absolute atomic E-state index is 4.82. The molecule has 2 aromatic heterocycles. The van der Waals surface area contributed by atoms with Crippen LogP contribution < -0.4 is 4.68 Å². The zero-order valence-electron chi connectivity index (χ0n) is 14.0.